The zero-order valence-corrected chi connectivity index (χ0v) is 16.0. The summed E-state index contributed by atoms with van der Waals surface area (Å²) < 4.78 is 6.89. The summed E-state index contributed by atoms with van der Waals surface area (Å²) >= 11 is 1.61. The van der Waals surface area contributed by atoms with Crippen molar-refractivity contribution in [2.24, 2.45) is 0 Å². The minimum atomic E-state index is 0.0315. The molecule has 0 aliphatic heterocycles. The fourth-order valence-electron chi connectivity index (χ4n) is 2.19. The highest BCUT2D eigenvalue weighted by atomic mass is 32.2. The summed E-state index contributed by atoms with van der Waals surface area (Å²) in [6, 6.07) is 0. The summed E-state index contributed by atoms with van der Waals surface area (Å²) in [7, 11) is 1.67. The van der Waals surface area contributed by atoms with Gasteiger partial charge in [-0.15, -0.1) is 0 Å². The van der Waals surface area contributed by atoms with Crippen LogP contribution in [0.2, 0.25) is 0 Å². The predicted molar refractivity (Wildman–Crippen MR) is 100.0 cm³/mol. The van der Waals surface area contributed by atoms with Crippen molar-refractivity contribution >= 4 is 34.5 Å². The van der Waals surface area contributed by atoms with E-state index in [1.807, 2.05) is 6.92 Å². The predicted octanol–water partition coefficient (Wildman–Crippen LogP) is 1.91. The molecule has 2 rings (SSSR count). The molecule has 0 aliphatic carbocycles. The number of ether oxygens (including phenoxy) is 1. The number of nitrogens with zero attached hydrogens (tertiary/aromatic N) is 4. The van der Waals surface area contributed by atoms with Gasteiger partial charge in [-0.3, -0.25) is 4.79 Å². The molecule has 0 spiro atoms. The lowest BCUT2D eigenvalue weighted by molar-refractivity contribution is -0.120. The number of rotatable bonds is 10. The highest BCUT2D eigenvalue weighted by molar-refractivity contribution is 7.99. The van der Waals surface area contributed by atoms with Crippen LogP contribution >= 0.6 is 11.8 Å². The van der Waals surface area contributed by atoms with Crippen LogP contribution in [0.15, 0.2) is 11.4 Å². The summed E-state index contributed by atoms with van der Waals surface area (Å²) in [5.74, 6) is 0.790. The largest absolute Gasteiger partial charge is 0.383 e. The number of hydrogen-bond donors (Lipinski definition) is 2. The van der Waals surface area contributed by atoms with E-state index in [9.17, 15) is 4.79 Å². The standard InChI is InChI=1S/C16H26N6O2S/c1-5-13(23)17-6-8-22-15-12(10-19-22)14(18-7-9-24-4)20-16(21-15)25-11(2)3/h10-11H,5-9H2,1-4H3,(H,17,23)(H,18,20,21). The van der Waals surface area contributed by atoms with Gasteiger partial charge in [0.25, 0.3) is 0 Å². The third-order valence-electron chi connectivity index (χ3n) is 3.38. The van der Waals surface area contributed by atoms with E-state index in [0.29, 0.717) is 43.1 Å². The van der Waals surface area contributed by atoms with E-state index in [4.69, 9.17) is 4.74 Å². The Labute approximate surface area is 152 Å². The van der Waals surface area contributed by atoms with Gasteiger partial charge in [0.2, 0.25) is 5.91 Å². The minimum absolute atomic E-state index is 0.0315. The number of amides is 1. The summed E-state index contributed by atoms with van der Waals surface area (Å²) in [5.41, 5.74) is 0.767. The van der Waals surface area contributed by atoms with Crippen molar-refractivity contribution in [3.05, 3.63) is 6.20 Å². The number of carbonyl (C=O) groups is 1. The maximum atomic E-state index is 11.4. The first-order chi connectivity index (χ1) is 12.0. The molecule has 2 heterocycles. The van der Waals surface area contributed by atoms with Crippen molar-refractivity contribution in [2.75, 3.05) is 32.1 Å². The highest BCUT2D eigenvalue weighted by Crippen LogP contribution is 2.26. The number of aromatic nitrogens is 4. The lowest BCUT2D eigenvalue weighted by Crippen LogP contribution is -2.26. The maximum Gasteiger partial charge on any atom is 0.219 e. The first kappa shape index (κ1) is 19.5. The van der Waals surface area contributed by atoms with Gasteiger partial charge in [0, 0.05) is 31.9 Å². The van der Waals surface area contributed by atoms with Crippen LogP contribution in [0.4, 0.5) is 5.82 Å². The Morgan fingerprint density at radius 1 is 1.36 bits per heavy atom. The molecule has 8 nitrogen and oxygen atoms in total. The molecule has 0 aromatic carbocycles. The second kappa shape index (κ2) is 9.57. The van der Waals surface area contributed by atoms with Gasteiger partial charge in [0.05, 0.1) is 24.7 Å². The summed E-state index contributed by atoms with van der Waals surface area (Å²) in [5, 5.41) is 12.5. The second-order valence-electron chi connectivity index (χ2n) is 5.75. The molecule has 0 saturated heterocycles. The van der Waals surface area contributed by atoms with Crippen LogP contribution in [0, 0.1) is 0 Å². The maximum absolute atomic E-state index is 11.4. The number of anilines is 1. The molecule has 138 valence electrons. The Morgan fingerprint density at radius 3 is 2.84 bits per heavy atom. The van der Waals surface area contributed by atoms with Crippen molar-refractivity contribution < 1.29 is 9.53 Å². The molecule has 1 amide bonds. The Bertz CT molecular complexity index is 703. The molecule has 2 N–H and O–H groups in total. The average molecular weight is 366 g/mol. The van der Waals surface area contributed by atoms with E-state index < -0.39 is 0 Å². The molecule has 0 aliphatic rings. The summed E-state index contributed by atoms with van der Waals surface area (Å²) in [6.07, 6.45) is 2.24. The third-order valence-corrected chi connectivity index (χ3v) is 4.25. The molecule has 0 saturated carbocycles. The van der Waals surface area contributed by atoms with E-state index in [1.54, 1.807) is 29.8 Å². The van der Waals surface area contributed by atoms with E-state index in [2.05, 4.69) is 39.5 Å². The number of hydrogen-bond acceptors (Lipinski definition) is 7. The van der Waals surface area contributed by atoms with Crippen LogP contribution in [0.3, 0.4) is 0 Å². The van der Waals surface area contributed by atoms with E-state index in [0.717, 1.165) is 16.9 Å². The molecule has 25 heavy (non-hydrogen) atoms. The number of nitrogens with one attached hydrogen (secondary N) is 2. The van der Waals surface area contributed by atoms with Gasteiger partial charge in [-0.1, -0.05) is 32.5 Å². The van der Waals surface area contributed by atoms with Gasteiger partial charge in [-0.2, -0.15) is 5.10 Å². The minimum Gasteiger partial charge on any atom is -0.383 e. The Morgan fingerprint density at radius 2 is 2.16 bits per heavy atom. The molecular weight excluding hydrogens is 340 g/mol. The number of carbonyl (C=O) groups excluding carboxylic acids is 1. The topological polar surface area (TPSA) is 94.0 Å². The molecule has 2 aromatic rings. The van der Waals surface area contributed by atoms with E-state index in [-0.39, 0.29) is 5.91 Å². The van der Waals surface area contributed by atoms with Crippen LogP contribution in [0.25, 0.3) is 11.0 Å². The molecule has 0 fully saturated rings. The summed E-state index contributed by atoms with van der Waals surface area (Å²) in [6.45, 7) is 8.38. The second-order valence-corrected chi connectivity index (χ2v) is 7.29. The van der Waals surface area contributed by atoms with Gasteiger partial charge in [-0.25, -0.2) is 14.6 Å². The van der Waals surface area contributed by atoms with Crippen LogP contribution in [-0.2, 0) is 16.1 Å². The first-order valence-electron chi connectivity index (χ1n) is 8.44. The van der Waals surface area contributed by atoms with Gasteiger partial charge in [0.1, 0.15) is 5.82 Å². The molecule has 2 aromatic heterocycles. The SMILES string of the molecule is CCC(=O)NCCn1ncc2c(NCCOC)nc(SC(C)C)nc21. The molecule has 0 bridgehead atoms. The fraction of sp³-hybridized carbons (Fsp3) is 0.625. The molecule has 9 heteroatoms. The van der Waals surface area contributed by atoms with Crippen molar-refractivity contribution in [2.45, 2.75) is 44.1 Å². The third kappa shape index (κ3) is 5.57. The van der Waals surface area contributed by atoms with Gasteiger partial charge >= 0.3 is 0 Å². The van der Waals surface area contributed by atoms with E-state index in [1.165, 1.54) is 0 Å². The smallest absolute Gasteiger partial charge is 0.219 e. The Balaban J connectivity index is 2.24. The van der Waals surface area contributed by atoms with Crippen LogP contribution in [0.5, 0.6) is 0 Å². The van der Waals surface area contributed by atoms with E-state index >= 15 is 0 Å². The number of fused-ring (bicyclic) bond motifs is 1. The highest BCUT2D eigenvalue weighted by Gasteiger charge is 2.14. The Hall–Kier alpha value is -1.87. The average Bonchev–Trinajstić information content (AvgIpc) is 2.97. The van der Waals surface area contributed by atoms with Crippen LogP contribution in [0.1, 0.15) is 27.2 Å². The molecule has 0 radical (unpaired) electrons. The van der Waals surface area contributed by atoms with Gasteiger partial charge < -0.3 is 15.4 Å². The zero-order chi connectivity index (χ0) is 18.2. The first-order valence-corrected chi connectivity index (χ1v) is 9.32. The van der Waals surface area contributed by atoms with Crippen molar-refractivity contribution in [1.29, 1.82) is 0 Å². The van der Waals surface area contributed by atoms with Crippen molar-refractivity contribution in [3.8, 4) is 0 Å². The monoisotopic (exact) mass is 366 g/mol. The lowest BCUT2D eigenvalue weighted by atomic mass is 10.4. The van der Waals surface area contributed by atoms with Crippen molar-refractivity contribution in [1.82, 2.24) is 25.1 Å². The number of thioether (sulfide) groups is 1. The fourth-order valence-corrected chi connectivity index (χ4v) is 2.90. The normalized spacial score (nSPS) is 11.2. The van der Waals surface area contributed by atoms with Crippen molar-refractivity contribution in [3.63, 3.8) is 0 Å². The number of methoxy groups -OCH3 is 1. The zero-order valence-electron chi connectivity index (χ0n) is 15.2. The molecule has 0 atom stereocenters. The van der Waals surface area contributed by atoms with Gasteiger partial charge in [-0.05, 0) is 0 Å². The van der Waals surface area contributed by atoms with Crippen LogP contribution in [-0.4, -0.2) is 57.7 Å². The van der Waals surface area contributed by atoms with Gasteiger partial charge in [0.15, 0.2) is 10.8 Å². The summed E-state index contributed by atoms with van der Waals surface area (Å²) in [4.78, 5) is 20.6. The molecular formula is C16H26N6O2S. The van der Waals surface area contributed by atoms with Crippen LogP contribution < -0.4 is 10.6 Å². The Kier molecular flexibility index (Phi) is 7.45. The molecule has 0 unspecified atom stereocenters. The quantitative estimate of drug-likeness (QED) is 0.377. The lowest BCUT2D eigenvalue weighted by Gasteiger charge is -2.10.